The number of hydrogen-bond donors (Lipinski definition) is 2. The number of carbonyl (C=O) groups is 1. The minimum Gasteiger partial charge on any atom is -0.346 e. The molecule has 2 saturated heterocycles. The Balaban J connectivity index is 1.66. The molecule has 0 aliphatic carbocycles. The Kier molecular flexibility index (Phi) is 4.23. The van der Waals surface area contributed by atoms with E-state index in [0.29, 0.717) is 26.3 Å². The van der Waals surface area contributed by atoms with Crippen LogP contribution in [0.25, 0.3) is 0 Å². The number of ether oxygens (including phenoxy) is 2. The van der Waals surface area contributed by atoms with E-state index >= 15 is 0 Å². The van der Waals surface area contributed by atoms with Gasteiger partial charge in [-0.25, -0.2) is 13.6 Å². The zero-order chi connectivity index (χ0) is 15.6. The first-order chi connectivity index (χ1) is 10.6. The molecule has 0 saturated carbocycles. The number of urea groups is 1. The van der Waals surface area contributed by atoms with E-state index in [2.05, 4.69) is 10.6 Å². The maximum Gasteiger partial charge on any atom is 0.322 e. The number of benzene rings is 1. The lowest BCUT2D eigenvalue weighted by molar-refractivity contribution is -0.267. The van der Waals surface area contributed by atoms with Gasteiger partial charge in [0.15, 0.2) is 5.79 Å². The molecule has 2 aliphatic rings. The molecule has 1 spiro atoms. The van der Waals surface area contributed by atoms with Crippen molar-refractivity contribution in [3.05, 3.63) is 29.8 Å². The zero-order valence-electron chi connectivity index (χ0n) is 11.9. The Hall–Kier alpha value is -1.77. The number of hydrogen-bond acceptors (Lipinski definition) is 4. The minimum atomic E-state index is -0.852. The summed E-state index contributed by atoms with van der Waals surface area (Å²) in [6.45, 7) is 2.68. The minimum absolute atomic E-state index is 0.0605. The van der Waals surface area contributed by atoms with Crippen LogP contribution in [0.4, 0.5) is 19.3 Å². The number of anilines is 1. The molecule has 2 heterocycles. The second-order valence-corrected chi connectivity index (χ2v) is 5.26. The maximum atomic E-state index is 13.6. The van der Waals surface area contributed by atoms with Crippen molar-refractivity contribution in [1.29, 1.82) is 0 Å². The Bertz CT molecular complexity index is 559. The Morgan fingerprint density at radius 1 is 1.32 bits per heavy atom. The largest absolute Gasteiger partial charge is 0.346 e. The van der Waals surface area contributed by atoms with Crippen molar-refractivity contribution in [1.82, 2.24) is 10.2 Å². The number of rotatable bonds is 1. The fraction of sp³-hybridized carbons (Fsp3) is 0.500. The molecule has 6 nitrogen and oxygen atoms in total. The molecule has 0 radical (unpaired) electrons. The van der Waals surface area contributed by atoms with Crippen LogP contribution in [-0.4, -0.2) is 56.1 Å². The molecule has 1 aromatic rings. The van der Waals surface area contributed by atoms with Crippen LogP contribution in [0.15, 0.2) is 18.2 Å². The molecule has 2 amide bonds. The first kappa shape index (κ1) is 15.1. The van der Waals surface area contributed by atoms with E-state index in [4.69, 9.17) is 9.47 Å². The van der Waals surface area contributed by atoms with Gasteiger partial charge < -0.3 is 25.0 Å². The number of halogens is 2. The van der Waals surface area contributed by atoms with E-state index in [9.17, 15) is 13.6 Å². The SMILES string of the molecule is O=C(Nc1ccc(F)cc1F)N1CCOC2(CNCCO2)C1. The van der Waals surface area contributed by atoms with Gasteiger partial charge in [0, 0.05) is 19.2 Å². The standard InChI is InChI=1S/C14H17F2N3O3/c15-10-1-2-12(11(16)7-10)18-13(20)19-4-6-22-14(9-19)8-17-3-5-21-14/h1-2,7,17H,3-6,8-9H2,(H,18,20). The van der Waals surface area contributed by atoms with Crippen molar-refractivity contribution in [3.8, 4) is 0 Å². The smallest absolute Gasteiger partial charge is 0.322 e. The van der Waals surface area contributed by atoms with Gasteiger partial charge >= 0.3 is 6.03 Å². The number of nitrogens with one attached hydrogen (secondary N) is 2. The lowest BCUT2D eigenvalue weighted by Crippen LogP contribution is -2.62. The number of carbonyl (C=O) groups excluding carboxylic acids is 1. The zero-order valence-corrected chi connectivity index (χ0v) is 11.9. The van der Waals surface area contributed by atoms with E-state index in [1.807, 2.05) is 0 Å². The summed E-state index contributed by atoms with van der Waals surface area (Å²) < 4.78 is 37.8. The van der Waals surface area contributed by atoms with Crippen LogP contribution in [-0.2, 0) is 9.47 Å². The summed E-state index contributed by atoms with van der Waals surface area (Å²) in [4.78, 5) is 13.8. The van der Waals surface area contributed by atoms with E-state index < -0.39 is 23.5 Å². The Morgan fingerprint density at radius 3 is 2.86 bits per heavy atom. The summed E-state index contributed by atoms with van der Waals surface area (Å²) >= 11 is 0. The molecule has 120 valence electrons. The predicted molar refractivity (Wildman–Crippen MR) is 74.5 cm³/mol. The molecule has 22 heavy (non-hydrogen) atoms. The van der Waals surface area contributed by atoms with Crippen molar-refractivity contribution in [2.45, 2.75) is 5.79 Å². The van der Waals surface area contributed by atoms with Crippen molar-refractivity contribution in [3.63, 3.8) is 0 Å². The molecule has 3 rings (SSSR count). The quantitative estimate of drug-likeness (QED) is 0.816. The molecule has 2 aliphatic heterocycles. The van der Waals surface area contributed by atoms with Crippen LogP contribution in [0.3, 0.4) is 0 Å². The summed E-state index contributed by atoms with van der Waals surface area (Å²) in [6, 6.07) is 2.54. The van der Waals surface area contributed by atoms with Crippen LogP contribution in [0, 0.1) is 11.6 Å². The van der Waals surface area contributed by atoms with Gasteiger partial charge in [-0.15, -0.1) is 0 Å². The molecule has 2 fully saturated rings. The predicted octanol–water partition coefficient (Wildman–Crippen LogP) is 1.15. The number of nitrogens with zero attached hydrogens (tertiary/aromatic N) is 1. The van der Waals surface area contributed by atoms with Gasteiger partial charge in [-0.05, 0) is 12.1 Å². The lowest BCUT2D eigenvalue weighted by atomic mass is 10.2. The first-order valence-electron chi connectivity index (χ1n) is 7.08. The molecule has 1 aromatic carbocycles. The monoisotopic (exact) mass is 313 g/mol. The topological polar surface area (TPSA) is 62.8 Å². The molecular weight excluding hydrogens is 296 g/mol. The molecule has 0 bridgehead atoms. The fourth-order valence-electron chi connectivity index (χ4n) is 2.55. The van der Waals surface area contributed by atoms with E-state index in [-0.39, 0.29) is 12.2 Å². The summed E-state index contributed by atoms with van der Waals surface area (Å²) in [7, 11) is 0. The van der Waals surface area contributed by atoms with Gasteiger partial charge in [-0.1, -0.05) is 0 Å². The summed E-state index contributed by atoms with van der Waals surface area (Å²) in [5.41, 5.74) is -0.0605. The number of amides is 2. The fourth-order valence-corrected chi connectivity index (χ4v) is 2.55. The highest BCUT2D eigenvalue weighted by molar-refractivity contribution is 5.89. The third kappa shape index (κ3) is 3.18. The third-order valence-electron chi connectivity index (χ3n) is 3.66. The second-order valence-electron chi connectivity index (χ2n) is 5.26. The van der Waals surface area contributed by atoms with Gasteiger partial charge in [0.1, 0.15) is 11.6 Å². The Morgan fingerprint density at radius 2 is 2.14 bits per heavy atom. The summed E-state index contributed by atoms with van der Waals surface area (Å²) in [6.07, 6.45) is 0. The first-order valence-corrected chi connectivity index (χ1v) is 7.08. The molecule has 8 heteroatoms. The average molecular weight is 313 g/mol. The van der Waals surface area contributed by atoms with Gasteiger partial charge in [0.2, 0.25) is 0 Å². The van der Waals surface area contributed by atoms with E-state index in [1.54, 1.807) is 0 Å². The van der Waals surface area contributed by atoms with Gasteiger partial charge in [0.05, 0.1) is 32.0 Å². The molecular formula is C14H17F2N3O3. The van der Waals surface area contributed by atoms with Gasteiger partial charge in [0.25, 0.3) is 0 Å². The van der Waals surface area contributed by atoms with Crippen molar-refractivity contribution in [2.75, 3.05) is 44.7 Å². The van der Waals surface area contributed by atoms with E-state index in [0.717, 1.165) is 18.7 Å². The normalized spacial score (nSPS) is 25.3. The lowest BCUT2D eigenvalue weighted by Gasteiger charge is -2.44. The van der Waals surface area contributed by atoms with Crippen molar-refractivity contribution >= 4 is 11.7 Å². The van der Waals surface area contributed by atoms with Crippen molar-refractivity contribution < 1.29 is 23.0 Å². The molecule has 1 unspecified atom stereocenters. The highest BCUT2D eigenvalue weighted by atomic mass is 19.1. The van der Waals surface area contributed by atoms with E-state index in [1.165, 1.54) is 11.0 Å². The highest BCUT2D eigenvalue weighted by Crippen LogP contribution is 2.22. The highest BCUT2D eigenvalue weighted by Gasteiger charge is 2.40. The molecule has 2 N–H and O–H groups in total. The van der Waals surface area contributed by atoms with Crippen LogP contribution in [0.5, 0.6) is 0 Å². The number of morpholine rings is 2. The third-order valence-corrected chi connectivity index (χ3v) is 3.66. The van der Waals surface area contributed by atoms with Crippen LogP contribution >= 0.6 is 0 Å². The maximum absolute atomic E-state index is 13.6. The average Bonchev–Trinajstić information content (AvgIpc) is 2.51. The summed E-state index contributed by atoms with van der Waals surface area (Å²) in [5.74, 6) is -2.36. The van der Waals surface area contributed by atoms with Crippen LogP contribution in [0.1, 0.15) is 0 Å². The molecule has 0 aromatic heterocycles. The van der Waals surface area contributed by atoms with Crippen LogP contribution < -0.4 is 10.6 Å². The van der Waals surface area contributed by atoms with Crippen molar-refractivity contribution in [2.24, 2.45) is 0 Å². The van der Waals surface area contributed by atoms with Gasteiger partial charge in [-0.2, -0.15) is 0 Å². The summed E-state index contributed by atoms with van der Waals surface area (Å²) in [5, 5.41) is 5.60. The van der Waals surface area contributed by atoms with Gasteiger partial charge in [-0.3, -0.25) is 0 Å². The second kappa shape index (κ2) is 6.15. The molecule has 1 atom stereocenters. The van der Waals surface area contributed by atoms with Crippen LogP contribution in [0.2, 0.25) is 0 Å². The Labute approximate surface area is 126 Å².